The molecule has 3 atom stereocenters. The molecule has 0 amide bonds. The van der Waals surface area contributed by atoms with E-state index in [9.17, 15) is 5.11 Å². The van der Waals surface area contributed by atoms with E-state index in [1.807, 2.05) is 0 Å². The summed E-state index contributed by atoms with van der Waals surface area (Å²) in [5, 5.41) is 9.96. The highest BCUT2D eigenvalue weighted by Crippen LogP contribution is 2.31. The van der Waals surface area contributed by atoms with Gasteiger partial charge in [0.05, 0.1) is 25.4 Å². The molecule has 1 N–H and O–H groups in total. The number of aliphatic hydroxyl groups excluding tert-OH is 1. The molecule has 0 radical (unpaired) electrons. The zero-order valence-corrected chi connectivity index (χ0v) is 12.6. The number of ether oxygens (including phenoxy) is 3. The summed E-state index contributed by atoms with van der Waals surface area (Å²) in [6.07, 6.45) is 3.56. The molecule has 0 aromatic heterocycles. The van der Waals surface area contributed by atoms with Crippen molar-refractivity contribution in [1.82, 2.24) is 0 Å². The van der Waals surface area contributed by atoms with Gasteiger partial charge in [0.25, 0.3) is 0 Å². The highest BCUT2D eigenvalue weighted by Gasteiger charge is 2.31. The van der Waals surface area contributed by atoms with Crippen LogP contribution in [0.4, 0.5) is 0 Å². The minimum atomic E-state index is -0.302. The summed E-state index contributed by atoms with van der Waals surface area (Å²) in [4.78, 5) is 0. The first-order chi connectivity index (χ1) is 9.15. The molecule has 0 heterocycles. The van der Waals surface area contributed by atoms with Gasteiger partial charge in [-0.25, -0.2) is 0 Å². The molecule has 0 saturated heterocycles. The zero-order valence-electron chi connectivity index (χ0n) is 12.6. The van der Waals surface area contributed by atoms with Crippen LogP contribution in [0.1, 0.15) is 39.5 Å². The van der Waals surface area contributed by atoms with Gasteiger partial charge >= 0.3 is 0 Å². The van der Waals surface area contributed by atoms with Crippen LogP contribution >= 0.6 is 0 Å². The molecule has 0 bridgehead atoms. The fourth-order valence-corrected chi connectivity index (χ4v) is 2.59. The lowest BCUT2D eigenvalue weighted by molar-refractivity contribution is -0.0886. The van der Waals surface area contributed by atoms with Gasteiger partial charge in [-0.15, -0.1) is 0 Å². The van der Waals surface area contributed by atoms with Crippen LogP contribution in [-0.4, -0.2) is 50.9 Å². The minimum absolute atomic E-state index is 0.0104. The van der Waals surface area contributed by atoms with Crippen LogP contribution in [0, 0.1) is 11.8 Å². The summed E-state index contributed by atoms with van der Waals surface area (Å²) >= 11 is 0. The van der Waals surface area contributed by atoms with E-state index >= 15 is 0 Å². The van der Waals surface area contributed by atoms with E-state index in [-0.39, 0.29) is 12.2 Å². The Hall–Kier alpha value is -0.160. The minimum Gasteiger partial charge on any atom is -0.390 e. The van der Waals surface area contributed by atoms with E-state index in [4.69, 9.17) is 14.2 Å². The summed E-state index contributed by atoms with van der Waals surface area (Å²) in [7, 11) is 1.69. The number of methoxy groups -OCH3 is 1. The van der Waals surface area contributed by atoms with Crippen molar-refractivity contribution in [1.29, 1.82) is 0 Å². The van der Waals surface area contributed by atoms with Crippen LogP contribution in [0.5, 0.6) is 0 Å². The predicted molar refractivity (Wildman–Crippen MR) is 75.2 cm³/mol. The van der Waals surface area contributed by atoms with E-state index in [1.54, 1.807) is 7.11 Å². The SMILES string of the molecule is COCCCOCCOC1CC(C(C)C)CCC1O. The molecule has 0 aromatic rings. The van der Waals surface area contributed by atoms with Crippen molar-refractivity contribution in [2.45, 2.75) is 51.7 Å². The predicted octanol–water partition coefficient (Wildman–Crippen LogP) is 2.24. The van der Waals surface area contributed by atoms with Crippen molar-refractivity contribution in [2.75, 3.05) is 33.5 Å². The van der Waals surface area contributed by atoms with Crippen LogP contribution < -0.4 is 0 Å². The molecule has 4 heteroatoms. The number of aliphatic hydroxyl groups is 1. The molecule has 1 fully saturated rings. The van der Waals surface area contributed by atoms with Gasteiger partial charge in [-0.05, 0) is 37.5 Å². The Kier molecular flexibility index (Phi) is 8.62. The maximum Gasteiger partial charge on any atom is 0.0837 e. The second-order valence-electron chi connectivity index (χ2n) is 5.75. The fourth-order valence-electron chi connectivity index (χ4n) is 2.59. The lowest BCUT2D eigenvalue weighted by atomic mass is 9.79. The average Bonchev–Trinajstić information content (AvgIpc) is 2.39. The summed E-state index contributed by atoms with van der Waals surface area (Å²) in [5.41, 5.74) is 0. The standard InChI is InChI=1S/C15H30O4/c1-12(2)13-5-6-14(16)15(11-13)19-10-9-18-8-4-7-17-3/h12-16H,4-11H2,1-3H3. The fraction of sp³-hybridized carbons (Fsp3) is 1.00. The second kappa shape index (κ2) is 9.70. The van der Waals surface area contributed by atoms with Crippen LogP contribution in [0.2, 0.25) is 0 Å². The topological polar surface area (TPSA) is 47.9 Å². The molecule has 114 valence electrons. The van der Waals surface area contributed by atoms with Crippen molar-refractivity contribution in [2.24, 2.45) is 11.8 Å². The first-order valence-electron chi connectivity index (χ1n) is 7.51. The van der Waals surface area contributed by atoms with Gasteiger partial charge in [0, 0.05) is 20.3 Å². The first kappa shape index (κ1) is 16.9. The molecular weight excluding hydrogens is 244 g/mol. The smallest absolute Gasteiger partial charge is 0.0837 e. The van der Waals surface area contributed by atoms with E-state index in [1.165, 1.54) is 0 Å². The van der Waals surface area contributed by atoms with Crippen LogP contribution in [0.15, 0.2) is 0 Å². The third-order valence-electron chi connectivity index (χ3n) is 3.94. The molecular formula is C15H30O4. The molecule has 1 saturated carbocycles. The molecule has 19 heavy (non-hydrogen) atoms. The Balaban J connectivity index is 2.09. The maximum absolute atomic E-state index is 9.96. The van der Waals surface area contributed by atoms with Gasteiger partial charge in [-0.1, -0.05) is 13.8 Å². The average molecular weight is 274 g/mol. The molecule has 4 nitrogen and oxygen atoms in total. The van der Waals surface area contributed by atoms with Crippen molar-refractivity contribution in [3.63, 3.8) is 0 Å². The summed E-state index contributed by atoms with van der Waals surface area (Å²) < 4.78 is 16.2. The number of hydrogen-bond donors (Lipinski definition) is 1. The van der Waals surface area contributed by atoms with Crippen molar-refractivity contribution >= 4 is 0 Å². The Labute approximate surface area is 117 Å². The Bertz CT molecular complexity index is 220. The third-order valence-corrected chi connectivity index (χ3v) is 3.94. The highest BCUT2D eigenvalue weighted by molar-refractivity contribution is 4.81. The zero-order chi connectivity index (χ0) is 14.1. The van der Waals surface area contributed by atoms with Gasteiger partial charge in [-0.2, -0.15) is 0 Å². The molecule has 0 aliphatic heterocycles. The van der Waals surface area contributed by atoms with Crippen molar-refractivity contribution in [3.05, 3.63) is 0 Å². The second-order valence-corrected chi connectivity index (χ2v) is 5.75. The highest BCUT2D eigenvalue weighted by atomic mass is 16.5. The first-order valence-corrected chi connectivity index (χ1v) is 7.51. The van der Waals surface area contributed by atoms with Crippen molar-refractivity contribution in [3.8, 4) is 0 Å². The number of hydrogen-bond acceptors (Lipinski definition) is 4. The van der Waals surface area contributed by atoms with E-state index in [2.05, 4.69) is 13.8 Å². The quantitative estimate of drug-likeness (QED) is 0.655. The van der Waals surface area contributed by atoms with Crippen LogP contribution in [-0.2, 0) is 14.2 Å². The van der Waals surface area contributed by atoms with Gasteiger partial charge in [0.2, 0.25) is 0 Å². The molecule has 3 unspecified atom stereocenters. The summed E-state index contributed by atoms with van der Waals surface area (Å²) in [6, 6.07) is 0. The van der Waals surface area contributed by atoms with Gasteiger partial charge in [0.15, 0.2) is 0 Å². The molecule has 0 aromatic carbocycles. The summed E-state index contributed by atoms with van der Waals surface area (Å²) in [6.45, 7) is 7.10. The molecule has 1 aliphatic carbocycles. The van der Waals surface area contributed by atoms with E-state index in [0.29, 0.717) is 31.7 Å². The molecule has 0 spiro atoms. The molecule has 1 aliphatic rings. The van der Waals surface area contributed by atoms with Crippen molar-refractivity contribution < 1.29 is 19.3 Å². The Morgan fingerprint density at radius 2 is 1.89 bits per heavy atom. The lowest BCUT2D eigenvalue weighted by Crippen LogP contribution is -2.38. The normalized spacial score (nSPS) is 27.9. The van der Waals surface area contributed by atoms with Gasteiger partial charge in [-0.3, -0.25) is 0 Å². The largest absolute Gasteiger partial charge is 0.390 e. The lowest BCUT2D eigenvalue weighted by Gasteiger charge is -2.35. The van der Waals surface area contributed by atoms with Crippen LogP contribution in [0.25, 0.3) is 0 Å². The van der Waals surface area contributed by atoms with Gasteiger partial charge in [0.1, 0.15) is 0 Å². The van der Waals surface area contributed by atoms with Crippen LogP contribution in [0.3, 0.4) is 0 Å². The van der Waals surface area contributed by atoms with Gasteiger partial charge < -0.3 is 19.3 Å². The molecule has 1 rings (SSSR count). The summed E-state index contributed by atoms with van der Waals surface area (Å²) in [5.74, 6) is 1.35. The van der Waals surface area contributed by atoms with E-state index < -0.39 is 0 Å². The Morgan fingerprint density at radius 1 is 1.11 bits per heavy atom. The Morgan fingerprint density at radius 3 is 2.58 bits per heavy atom. The number of rotatable bonds is 9. The monoisotopic (exact) mass is 274 g/mol. The van der Waals surface area contributed by atoms with E-state index in [0.717, 1.165) is 32.3 Å². The maximum atomic E-state index is 9.96. The third kappa shape index (κ3) is 6.70.